The van der Waals surface area contributed by atoms with Gasteiger partial charge in [0.25, 0.3) is 0 Å². The predicted octanol–water partition coefficient (Wildman–Crippen LogP) is 2.18. The Labute approximate surface area is 107 Å². The number of para-hydroxylation sites is 1. The molecule has 2 aromatic rings. The highest BCUT2D eigenvalue weighted by atomic mass is 16.5. The Morgan fingerprint density at radius 1 is 1.28 bits per heavy atom. The molecule has 1 aliphatic heterocycles. The first-order valence-electron chi connectivity index (χ1n) is 5.88. The van der Waals surface area contributed by atoms with Crippen molar-refractivity contribution in [3.8, 4) is 0 Å². The molecule has 1 aromatic carbocycles. The van der Waals surface area contributed by atoms with Crippen LogP contribution in [-0.4, -0.2) is 24.2 Å². The molecule has 2 N–H and O–H groups in total. The summed E-state index contributed by atoms with van der Waals surface area (Å²) in [4.78, 5) is 8.14. The van der Waals surface area contributed by atoms with Gasteiger partial charge in [-0.15, -0.1) is 0 Å². The van der Waals surface area contributed by atoms with Crippen LogP contribution in [0.15, 0.2) is 35.3 Å². The van der Waals surface area contributed by atoms with Crippen molar-refractivity contribution in [3.05, 3.63) is 41.6 Å². The fourth-order valence-electron chi connectivity index (χ4n) is 1.62. The Bertz CT molecular complexity index is 525. The lowest BCUT2D eigenvalue weighted by atomic mass is 10.1. The van der Waals surface area contributed by atoms with Crippen LogP contribution in [0.2, 0.25) is 0 Å². The van der Waals surface area contributed by atoms with Gasteiger partial charge in [0.2, 0.25) is 0 Å². The van der Waals surface area contributed by atoms with Crippen LogP contribution in [0, 0.1) is 13.8 Å². The second kappa shape index (κ2) is 5.60. The van der Waals surface area contributed by atoms with Crippen LogP contribution >= 0.6 is 0 Å². The summed E-state index contributed by atoms with van der Waals surface area (Å²) in [6.45, 7) is 4.68. The lowest BCUT2D eigenvalue weighted by molar-refractivity contribution is 0.330. The van der Waals surface area contributed by atoms with E-state index >= 15 is 0 Å². The quantitative estimate of drug-likeness (QED) is 0.771. The maximum Gasteiger partial charge on any atom is 0.171 e. The summed E-state index contributed by atoms with van der Waals surface area (Å²) in [5.74, 6) is 0. The molecule has 4 heteroatoms. The van der Waals surface area contributed by atoms with Gasteiger partial charge >= 0.3 is 0 Å². The first-order valence-corrected chi connectivity index (χ1v) is 5.88. The number of benzene rings is 1. The summed E-state index contributed by atoms with van der Waals surface area (Å²) in [6, 6.07) is 10.4. The van der Waals surface area contributed by atoms with E-state index < -0.39 is 0 Å². The molecule has 0 amide bonds. The van der Waals surface area contributed by atoms with Gasteiger partial charge in [0.1, 0.15) is 12.8 Å². The standard InChI is InChI=1S/C11H11N.C3H6N2O/c1-8-7-10-5-3-4-6-11(10)12-9(8)2;4-3-1-6-2-5-3/h3-7H,1-2H3;2-3H,1,4H2. The molecule has 0 spiro atoms. The van der Waals surface area contributed by atoms with Gasteiger partial charge in [-0.2, -0.15) is 0 Å². The molecule has 94 valence electrons. The van der Waals surface area contributed by atoms with E-state index in [1.165, 1.54) is 17.4 Å². The van der Waals surface area contributed by atoms with Gasteiger partial charge in [0.05, 0.1) is 5.52 Å². The molecule has 2 heterocycles. The Morgan fingerprint density at radius 3 is 2.67 bits per heavy atom. The number of rotatable bonds is 0. The zero-order valence-corrected chi connectivity index (χ0v) is 10.6. The van der Waals surface area contributed by atoms with Gasteiger partial charge in [-0.05, 0) is 31.5 Å². The second-order valence-electron chi connectivity index (χ2n) is 4.24. The highest BCUT2D eigenvalue weighted by Gasteiger charge is 2.01. The lowest BCUT2D eigenvalue weighted by Gasteiger charge is -2.01. The van der Waals surface area contributed by atoms with E-state index in [4.69, 9.17) is 5.73 Å². The number of nitrogens with two attached hydrogens (primary N) is 1. The Balaban J connectivity index is 0.000000169. The predicted molar refractivity (Wildman–Crippen MR) is 73.6 cm³/mol. The fraction of sp³-hybridized carbons (Fsp3) is 0.286. The van der Waals surface area contributed by atoms with Crippen LogP contribution < -0.4 is 5.73 Å². The summed E-state index contributed by atoms with van der Waals surface area (Å²) in [5, 5.41) is 1.22. The number of aromatic nitrogens is 1. The molecule has 3 rings (SSSR count). The SMILES string of the molecule is Cc1cc2ccccc2nc1C.NC1COC=N1. The molecule has 1 unspecified atom stereocenters. The number of fused-ring (bicyclic) bond motifs is 1. The normalized spacial score (nSPS) is 17.2. The molecular formula is C14H17N3O. The zero-order chi connectivity index (χ0) is 13.0. The molecule has 1 atom stereocenters. The number of hydrogen-bond donors (Lipinski definition) is 1. The van der Waals surface area contributed by atoms with E-state index in [9.17, 15) is 0 Å². The number of pyridine rings is 1. The zero-order valence-electron chi connectivity index (χ0n) is 10.6. The third kappa shape index (κ3) is 3.05. The molecule has 0 aliphatic carbocycles. The molecule has 0 radical (unpaired) electrons. The van der Waals surface area contributed by atoms with E-state index in [1.807, 2.05) is 25.1 Å². The van der Waals surface area contributed by atoms with Crippen LogP contribution in [0.5, 0.6) is 0 Å². The molecular weight excluding hydrogens is 226 g/mol. The van der Waals surface area contributed by atoms with Gasteiger partial charge in [-0.25, -0.2) is 4.99 Å². The summed E-state index contributed by atoms with van der Waals surface area (Å²) >= 11 is 0. The first kappa shape index (κ1) is 12.5. The summed E-state index contributed by atoms with van der Waals surface area (Å²) in [7, 11) is 0. The van der Waals surface area contributed by atoms with Crippen LogP contribution in [0.1, 0.15) is 11.3 Å². The van der Waals surface area contributed by atoms with Crippen molar-refractivity contribution in [2.45, 2.75) is 20.0 Å². The maximum absolute atomic E-state index is 5.21. The number of hydrogen-bond acceptors (Lipinski definition) is 4. The highest BCUT2D eigenvalue weighted by Crippen LogP contribution is 2.14. The average molecular weight is 243 g/mol. The molecule has 0 saturated carbocycles. The van der Waals surface area contributed by atoms with Crippen LogP contribution in [0.3, 0.4) is 0 Å². The summed E-state index contributed by atoms with van der Waals surface area (Å²) in [6.07, 6.45) is 1.27. The first-order chi connectivity index (χ1) is 8.66. The van der Waals surface area contributed by atoms with E-state index in [0.29, 0.717) is 6.61 Å². The van der Waals surface area contributed by atoms with Crippen molar-refractivity contribution in [1.29, 1.82) is 0 Å². The van der Waals surface area contributed by atoms with E-state index in [0.717, 1.165) is 11.2 Å². The van der Waals surface area contributed by atoms with Gasteiger partial charge < -0.3 is 10.5 Å². The van der Waals surface area contributed by atoms with E-state index in [1.54, 1.807) is 0 Å². The van der Waals surface area contributed by atoms with Crippen LogP contribution in [0.25, 0.3) is 10.9 Å². The Kier molecular flexibility index (Phi) is 3.89. The Morgan fingerprint density at radius 2 is 2.06 bits per heavy atom. The van der Waals surface area contributed by atoms with Crippen molar-refractivity contribution in [3.63, 3.8) is 0 Å². The van der Waals surface area contributed by atoms with Crippen LogP contribution in [0.4, 0.5) is 0 Å². The fourth-order valence-corrected chi connectivity index (χ4v) is 1.62. The second-order valence-corrected chi connectivity index (χ2v) is 4.24. The minimum Gasteiger partial charge on any atom is -0.480 e. The topological polar surface area (TPSA) is 60.5 Å². The summed E-state index contributed by atoms with van der Waals surface area (Å²) < 4.78 is 4.64. The maximum atomic E-state index is 5.21. The molecule has 0 saturated heterocycles. The van der Waals surface area contributed by atoms with E-state index in [2.05, 4.69) is 33.8 Å². The molecule has 0 fully saturated rings. The van der Waals surface area contributed by atoms with Crippen molar-refractivity contribution in [1.82, 2.24) is 4.98 Å². The van der Waals surface area contributed by atoms with Crippen molar-refractivity contribution >= 4 is 17.3 Å². The number of aryl methyl sites for hydroxylation is 2. The van der Waals surface area contributed by atoms with Gasteiger partial charge in [0, 0.05) is 11.1 Å². The van der Waals surface area contributed by atoms with Gasteiger partial charge in [-0.3, -0.25) is 4.98 Å². The number of ether oxygens (including phenoxy) is 1. The number of aliphatic imine (C=N–C) groups is 1. The van der Waals surface area contributed by atoms with E-state index in [-0.39, 0.29) is 6.17 Å². The minimum absolute atomic E-state index is 0.106. The van der Waals surface area contributed by atoms with Crippen molar-refractivity contribution in [2.75, 3.05) is 6.61 Å². The van der Waals surface area contributed by atoms with Gasteiger partial charge in [0.15, 0.2) is 6.40 Å². The monoisotopic (exact) mass is 243 g/mol. The minimum atomic E-state index is -0.106. The number of nitrogens with zero attached hydrogens (tertiary/aromatic N) is 2. The average Bonchev–Trinajstić information content (AvgIpc) is 2.83. The lowest BCUT2D eigenvalue weighted by Crippen LogP contribution is -2.17. The third-order valence-corrected chi connectivity index (χ3v) is 2.76. The molecule has 1 aliphatic rings. The van der Waals surface area contributed by atoms with Crippen molar-refractivity contribution < 1.29 is 4.74 Å². The third-order valence-electron chi connectivity index (χ3n) is 2.76. The molecule has 1 aromatic heterocycles. The van der Waals surface area contributed by atoms with Gasteiger partial charge in [-0.1, -0.05) is 18.2 Å². The molecule has 0 bridgehead atoms. The molecule has 4 nitrogen and oxygen atoms in total. The largest absolute Gasteiger partial charge is 0.480 e. The Hall–Kier alpha value is -1.94. The van der Waals surface area contributed by atoms with Crippen molar-refractivity contribution in [2.24, 2.45) is 10.7 Å². The van der Waals surface area contributed by atoms with Crippen LogP contribution in [-0.2, 0) is 4.74 Å². The molecule has 18 heavy (non-hydrogen) atoms. The smallest absolute Gasteiger partial charge is 0.171 e. The summed E-state index contributed by atoms with van der Waals surface area (Å²) in [5.41, 5.74) is 8.67. The highest BCUT2D eigenvalue weighted by molar-refractivity contribution is 5.79.